The lowest BCUT2D eigenvalue weighted by atomic mass is 10.2. The fourth-order valence-corrected chi connectivity index (χ4v) is 6.77. The molecule has 0 spiro atoms. The second-order valence-electron chi connectivity index (χ2n) is 6.93. The van der Waals surface area contributed by atoms with E-state index in [-0.39, 0.29) is 0 Å². The van der Waals surface area contributed by atoms with Crippen LogP contribution in [0.5, 0.6) is 0 Å². The van der Waals surface area contributed by atoms with Crippen molar-refractivity contribution in [1.29, 1.82) is 0 Å². The van der Waals surface area contributed by atoms with Crippen LogP contribution in [0, 0.1) is 0 Å². The van der Waals surface area contributed by atoms with Gasteiger partial charge < -0.3 is 22.6 Å². The molecule has 0 radical (unpaired) electrons. The first-order valence-electron chi connectivity index (χ1n) is 10.7. The molecule has 0 saturated carbocycles. The number of hydrogen-bond acceptors (Lipinski definition) is 5. The van der Waals surface area contributed by atoms with Gasteiger partial charge in [-0.3, -0.25) is 0 Å². The molecule has 0 fully saturated rings. The molecular formula is C19H45NO4Si2. The van der Waals surface area contributed by atoms with Crippen molar-refractivity contribution in [3.63, 3.8) is 0 Å². The summed E-state index contributed by atoms with van der Waals surface area (Å²) in [6.45, 7) is 21.6. The van der Waals surface area contributed by atoms with Crippen molar-refractivity contribution in [3.8, 4) is 0 Å². The molecule has 158 valence electrons. The molecular weight excluding hydrogens is 362 g/mol. The summed E-state index contributed by atoms with van der Waals surface area (Å²) in [5.41, 5.74) is 1.08. The third kappa shape index (κ3) is 11.8. The van der Waals surface area contributed by atoms with Crippen LogP contribution >= 0.6 is 0 Å². The van der Waals surface area contributed by atoms with E-state index < -0.39 is 18.6 Å². The number of rotatable bonds is 18. The van der Waals surface area contributed by atoms with E-state index >= 15 is 0 Å². The minimum Gasteiger partial charge on any atom is -0.397 e. The van der Waals surface area contributed by atoms with Crippen LogP contribution in [0.1, 0.15) is 67.7 Å². The van der Waals surface area contributed by atoms with Gasteiger partial charge in [0.15, 0.2) is 0 Å². The predicted octanol–water partition coefficient (Wildman–Crippen LogP) is 3.85. The van der Waals surface area contributed by atoms with Gasteiger partial charge in [0.05, 0.1) is 0 Å². The third-order valence-electron chi connectivity index (χ3n) is 4.59. The average Bonchev–Trinajstić information content (AvgIpc) is 2.63. The summed E-state index contributed by atoms with van der Waals surface area (Å²) in [4.78, 5) is 2.60. The van der Waals surface area contributed by atoms with E-state index in [2.05, 4.69) is 53.4 Å². The molecule has 0 aromatic carbocycles. The van der Waals surface area contributed by atoms with E-state index in [0.717, 1.165) is 58.9 Å². The lowest BCUT2D eigenvalue weighted by Crippen LogP contribution is -2.34. The Hall–Kier alpha value is 0.234. The topological polar surface area (TPSA) is 40.2 Å². The first kappa shape index (κ1) is 26.2. The van der Waals surface area contributed by atoms with Crippen molar-refractivity contribution in [1.82, 2.24) is 4.90 Å². The molecule has 0 amide bonds. The van der Waals surface area contributed by atoms with Crippen molar-refractivity contribution in [2.45, 2.75) is 78.8 Å². The Morgan fingerprint density at radius 3 is 1.23 bits per heavy atom. The molecule has 0 heterocycles. The zero-order valence-electron chi connectivity index (χ0n) is 18.5. The van der Waals surface area contributed by atoms with Gasteiger partial charge in [-0.05, 0) is 77.7 Å². The van der Waals surface area contributed by atoms with Gasteiger partial charge in [-0.25, -0.2) is 0 Å². The molecule has 0 aliphatic rings. The number of nitrogens with zero attached hydrogens (tertiary/aromatic N) is 1. The molecule has 0 aliphatic carbocycles. The van der Waals surface area contributed by atoms with Crippen molar-refractivity contribution in [2.75, 3.05) is 46.1 Å². The van der Waals surface area contributed by atoms with Crippen molar-refractivity contribution >= 4 is 18.6 Å². The van der Waals surface area contributed by atoms with Crippen LogP contribution in [0.2, 0.25) is 11.1 Å². The molecule has 0 N–H and O–H groups in total. The standard InChI is InChI=1S/C19H45NO4Si2/c1-8-15-20(16-13-18(6)25(21-9-2)22-10-3)17-14-19(7)26(23-11-4)24-12-5/h18-19,25-26H,8-17H2,1-7H3. The van der Waals surface area contributed by atoms with E-state index in [9.17, 15) is 0 Å². The van der Waals surface area contributed by atoms with Crippen LogP contribution in [0.15, 0.2) is 0 Å². The summed E-state index contributed by atoms with van der Waals surface area (Å²) < 4.78 is 23.6. The lowest BCUT2D eigenvalue weighted by molar-refractivity contribution is 0.192. The molecule has 2 unspecified atom stereocenters. The van der Waals surface area contributed by atoms with E-state index in [0.29, 0.717) is 11.1 Å². The zero-order valence-corrected chi connectivity index (χ0v) is 20.8. The van der Waals surface area contributed by atoms with E-state index in [4.69, 9.17) is 17.7 Å². The van der Waals surface area contributed by atoms with Gasteiger partial charge in [-0.15, -0.1) is 0 Å². The van der Waals surface area contributed by atoms with Gasteiger partial charge in [-0.1, -0.05) is 20.8 Å². The molecule has 0 bridgehead atoms. The van der Waals surface area contributed by atoms with Gasteiger partial charge in [-0.2, -0.15) is 0 Å². The quantitative estimate of drug-likeness (QED) is 0.323. The Bertz CT molecular complexity index is 275. The average molecular weight is 408 g/mol. The summed E-state index contributed by atoms with van der Waals surface area (Å²) in [5.74, 6) is 0. The summed E-state index contributed by atoms with van der Waals surface area (Å²) in [5, 5.41) is 0. The molecule has 0 aromatic heterocycles. The van der Waals surface area contributed by atoms with Crippen LogP contribution < -0.4 is 0 Å². The first-order valence-corrected chi connectivity index (χ1v) is 13.9. The van der Waals surface area contributed by atoms with E-state index in [1.807, 2.05) is 0 Å². The van der Waals surface area contributed by atoms with E-state index in [1.165, 1.54) is 6.42 Å². The molecule has 26 heavy (non-hydrogen) atoms. The fraction of sp³-hybridized carbons (Fsp3) is 1.00. The fourth-order valence-electron chi connectivity index (χ4n) is 3.11. The Labute approximate surface area is 166 Å². The SMILES string of the molecule is CCCN(CCC(C)[SiH](OCC)OCC)CCC(C)[SiH](OCC)OCC. The van der Waals surface area contributed by atoms with Crippen molar-refractivity contribution < 1.29 is 17.7 Å². The maximum atomic E-state index is 5.89. The molecule has 5 nitrogen and oxygen atoms in total. The highest BCUT2D eigenvalue weighted by atomic mass is 28.3. The highest BCUT2D eigenvalue weighted by molar-refractivity contribution is 6.46. The van der Waals surface area contributed by atoms with Crippen molar-refractivity contribution in [3.05, 3.63) is 0 Å². The zero-order chi connectivity index (χ0) is 19.8. The Morgan fingerprint density at radius 1 is 0.615 bits per heavy atom. The van der Waals surface area contributed by atoms with Crippen LogP contribution in [0.3, 0.4) is 0 Å². The minimum absolute atomic E-state index is 0.542. The predicted molar refractivity (Wildman–Crippen MR) is 116 cm³/mol. The minimum atomic E-state index is -1.54. The molecule has 0 aromatic rings. The van der Waals surface area contributed by atoms with Gasteiger partial charge >= 0.3 is 18.6 Å². The molecule has 0 saturated heterocycles. The van der Waals surface area contributed by atoms with Gasteiger partial charge in [0.2, 0.25) is 0 Å². The Morgan fingerprint density at radius 2 is 0.962 bits per heavy atom. The third-order valence-corrected chi connectivity index (χ3v) is 9.77. The highest BCUT2D eigenvalue weighted by Gasteiger charge is 2.24. The molecule has 2 atom stereocenters. The van der Waals surface area contributed by atoms with Gasteiger partial charge in [0.25, 0.3) is 0 Å². The summed E-state index contributed by atoms with van der Waals surface area (Å²) >= 11 is 0. The monoisotopic (exact) mass is 407 g/mol. The maximum absolute atomic E-state index is 5.89. The summed E-state index contributed by atoms with van der Waals surface area (Å²) in [7, 11) is -3.08. The molecule has 0 rings (SSSR count). The van der Waals surface area contributed by atoms with Crippen LogP contribution in [0.4, 0.5) is 0 Å². The lowest BCUT2D eigenvalue weighted by Gasteiger charge is -2.28. The Balaban J connectivity index is 4.45. The molecule has 7 heteroatoms. The smallest absolute Gasteiger partial charge is 0.324 e. The molecule has 0 aliphatic heterocycles. The van der Waals surface area contributed by atoms with Crippen molar-refractivity contribution in [2.24, 2.45) is 0 Å². The van der Waals surface area contributed by atoms with Gasteiger partial charge in [0, 0.05) is 26.4 Å². The second kappa shape index (κ2) is 17.3. The maximum Gasteiger partial charge on any atom is 0.324 e. The Kier molecular flexibility index (Phi) is 17.5. The van der Waals surface area contributed by atoms with E-state index in [1.54, 1.807) is 0 Å². The van der Waals surface area contributed by atoms with Crippen LogP contribution in [-0.2, 0) is 17.7 Å². The normalized spacial score (nSPS) is 14.5. The van der Waals surface area contributed by atoms with Crippen LogP contribution in [-0.4, -0.2) is 69.5 Å². The summed E-state index contributed by atoms with van der Waals surface area (Å²) in [6.07, 6.45) is 3.50. The first-order chi connectivity index (χ1) is 12.5. The number of hydrogen-bond donors (Lipinski definition) is 0. The van der Waals surface area contributed by atoms with Gasteiger partial charge in [0.1, 0.15) is 0 Å². The second-order valence-corrected chi connectivity index (χ2v) is 12.0. The highest BCUT2D eigenvalue weighted by Crippen LogP contribution is 2.20. The summed E-state index contributed by atoms with van der Waals surface area (Å²) in [6, 6.07) is 0. The van der Waals surface area contributed by atoms with Crippen LogP contribution in [0.25, 0.3) is 0 Å². The largest absolute Gasteiger partial charge is 0.397 e.